The van der Waals surface area contributed by atoms with Gasteiger partial charge in [-0.05, 0) is 107 Å². The first kappa shape index (κ1) is 29.2. The molecule has 0 radical (unpaired) electrons. The Bertz CT molecular complexity index is 1920. The molecule has 0 bridgehead atoms. The summed E-state index contributed by atoms with van der Waals surface area (Å²) in [6.07, 6.45) is 3.38. The number of aliphatic hydroxyl groups is 2. The fourth-order valence-corrected chi connectivity index (χ4v) is 7.25. The van der Waals surface area contributed by atoms with Gasteiger partial charge in [-0.1, -0.05) is 18.2 Å². The fourth-order valence-electron chi connectivity index (χ4n) is 7.25. The molecule has 3 atom stereocenters. The van der Waals surface area contributed by atoms with E-state index in [1.165, 1.54) is 12.7 Å². The van der Waals surface area contributed by atoms with E-state index in [1.54, 1.807) is 19.2 Å². The molecule has 4 N–H and O–H groups in total. The lowest BCUT2D eigenvalue weighted by atomic mass is 9.73. The number of phenolic OH excluding ortho intramolecular Hbond substituents is 2. The second-order valence-electron chi connectivity index (χ2n) is 12.1. The van der Waals surface area contributed by atoms with Crippen molar-refractivity contribution in [2.24, 2.45) is 4.99 Å². The number of aryl methyl sites for hydroxylation is 1. The summed E-state index contributed by atoms with van der Waals surface area (Å²) in [5, 5.41) is 44.3. The van der Waals surface area contributed by atoms with Crippen LogP contribution in [0.1, 0.15) is 51.8 Å². The van der Waals surface area contributed by atoms with Crippen molar-refractivity contribution in [1.82, 2.24) is 0 Å². The van der Waals surface area contributed by atoms with E-state index in [0.29, 0.717) is 60.6 Å². The van der Waals surface area contributed by atoms with Crippen LogP contribution in [0, 0.1) is 0 Å². The molecule has 0 amide bonds. The summed E-state index contributed by atoms with van der Waals surface area (Å²) in [6.45, 7) is 0.708. The molecule has 1 aliphatic carbocycles. The molecule has 2 heterocycles. The number of methoxy groups -OCH3 is 2. The van der Waals surface area contributed by atoms with Gasteiger partial charge in [0.2, 0.25) is 0 Å². The molecule has 0 saturated carbocycles. The molecule has 3 unspecified atom stereocenters. The highest BCUT2D eigenvalue weighted by Crippen LogP contribution is 2.52. The number of rotatable bonds is 8. The van der Waals surface area contributed by atoms with Gasteiger partial charge in [0.25, 0.3) is 0 Å². The molecule has 0 aromatic heterocycles. The molecule has 45 heavy (non-hydrogen) atoms. The highest BCUT2D eigenvalue weighted by Gasteiger charge is 2.37. The van der Waals surface area contributed by atoms with Gasteiger partial charge < -0.3 is 34.6 Å². The smallest absolute Gasteiger partial charge is 0.161 e. The monoisotopic (exact) mass is 607 g/mol. The Balaban J connectivity index is 1.30. The largest absolute Gasteiger partial charge is 0.508 e. The fraction of sp³-hybridized carbons (Fsp3) is 0.324. The highest BCUT2D eigenvalue weighted by molar-refractivity contribution is 5.83. The Kier molecular flexibility index (Phi) is 7.63. The van der Waals surface area contributed by atoms with Gasteiger partial charge in [0.1, 0.15) is 23.4 Å². The number of phenols is 2. The minimum Gasteiger partial charge on any atom is -0.508 e. The number of aliphatic hydroxyl groups excluding tert-OH is 2. The lowest BCUT2D eigenvalue weighted by molar-refractivity contribution is 0.0201. The van der Waals surface area contributed by atoms with Crippen molar-refractivity contribution in [3.8, 4) is 39.9 Å². The first-order chi connectivity index (χ1) is 21.9. The molecule has 0 fully saturated rings. The van der Waals surface area contributed by atoms with E-state index in [2.05, 4.69) is 29.3 Å². The average Bonchev–Trinajstić information content (AvgIpc) is 3.52. The first-order valence-electron chi connectivity index (χ1n) is 15.4. The van der Waals surface area contributed by atoms with Crippen LogP contribution >= 0.6 is 0 Å². The summed E-state index contributed by atoms with van der Waals surface area (Å²) in [7, 11) is 3.14. The maximum atomic E-state index is 11.6. The van der Waals surface area contributed by atoms with Gasteiger partial charge in [-0.25, -0.2) is 0 Å². The van der Waals surface area contributed by atoms with Crippen molar-refractivity contribution in [2.75, 3.05) is 27.4 Å². The summed E-state index contributed by atoms with van der Waals surface area (Å²) in [4.78, 5) is 4.53. The number of fused-ring (bicyclic) bond motifs is 6. The summed E-state index contributed by atoms with van der Waals surface area (Å²) >= 11 is 0. The molecule has 4 aromatic carbocycles. The van der Waals surface area contributed by atoms with Crippen LogP contribution < -0.4 is 24.8 Å². The number of hydrogen-bond donors (Lipinski definition) is 4. The molecule has 0 saturated heterocycles. The van der Waals surface area contributed by atoms with Crippen molar-refractivity contribution in [1.29, 1.82) is 0 Å². The van der Waals surface area contributed by atoms with E-state index in [1.807, 2.05) is 24.3 Å². The quantitative estimate of drug-likeness (QED) is 0.239. The summed E-state index contributed by atoms with van der Waals surface area (Å²) in [5.74, 6) is 1.96. The predicted octanol–water partition coefficient (Wildman–Crippen LogP) is 4.04. The van der Waals surface area contributed by atoms with Crippen LogP contribution in [-0.4, -0.2) is 53.9 Å². The van der Waals surface area contributed by atoms with Gasteiger partial charge in [0.15, 0.2) is 11.5 Å². The third kappa shape index (κ3) is 5.18. The molecule has 232 valence electrons. The van der Waals surface area contributed by atoms with E-state index < -0.39 is 12.2 Å². The van der Waals surface area contributed by atoms with Crippen molar-refractivity contribution < 1.29 is 34.6 Å². The minimum absolute atomic E-state index is 0.00269. The van der Waals surface area contributed by atoms with Crippen LogP contribution in [0.3, 0.4) is 0 Å². The molecule has 8 heteroatoms. The van der Waals surface area contributed by atoms with Gasteiger partial charge in [0.05, 0.1) is 32.2 Å². The number of ether oxygens (including phenoxy) is 3. The zero-order valence-electron chi connectivity index (χ0n) is 25.4. The van der Waals surface area contributed by atoms with Crippen molar-refractivity contribution in [3.05, 3.63) is 98.6 Å². The normalized spacial score (nSPS) is 19.2. The van der Waals surface area contributed by atoms with Crippen LogP contribution in [-0.2, 0) is 25.7 Å². The third-order valence-corrected chi connectivity index (χ3v) is 9.38. The first-order valence-corrected chi connectivity index (χ1v) is 15.4. The predicted molar refractivity (Wildman–Crippen MR) is 170 cm³/mol. The molecule has 4 aromatic rings. The molecular formula is C37H37NO7. The Morgan fingerprint density at radius 3 is 2.58 bits per heavy atom. The van der Waals surface area contributed by atoms with E-state index >= 15 is 0 Å². The number of benzene rings is 4. The van der Waals surface area contributed by atoms with Crippen LogP contribution in [0.4, 0.5) is 0 Å². The summed E-state index contributed by atoms with van der Waals surface area (Å²) in [5.41, 5.74) is 7.60. The van der Waals surface area contributed by atoms with Crippen LogP contribution in [0.5, 0.6) is 28.7 Å². The van der Waals surface area contributed by atoms with Crippen molar-refractivity contribution in [3.63, 3.8) is 0 Å². The molecule has 7 rings (SSSR count). The van der Waals surface area contributed by atoms with E-state index in [9.17, 15) is 20.4 Å². The lowest BCUT2D eigenvalue weighted by Gasteiger charge is -2.37. The maximum absolute atomic E-state index is 11.6. The Morgan fingerprint density at radius 1 is 0.933 bits per heavy atom. The third-order valence-electron chi connectivity index (χ3n) is 9.38. The van der Waals surface area contributed by atoms with Crippen molar-refractivity contribution in [2.45, 2.75) is 50.2 Å². The van der Waals surface area contributed by atoms with Crippen LogP contribution in [0.2, 0.25) is 0 Å². The molecule has 0 spiro atoms. The highest BCUT2D eigenvalue weighted by atomic mass is 16.5. The molecular weight excluding hydrogens is 570 g/mol. The Labute approximate surface area is 261 Å². The second-order valence-corrected chi connectivity index (χ2v) is 12.1. The topological polar surface area (TPSA) is 121 Å². The maximum Gasteiger partial charge on any atom is 0.161 e. The standard InChI is InChI=1S/C37H37NO7/c1-43-33-19-32-28(18-31(41)37(45-32)24-14-22(4-3-11-39)36(42)34(16-24)44-2)29-15-23(27-17-25(40)6-7-26(27)35(29)33)13-20-5-8-30-21(12-20)9-10-38-30/h5-9,12,14,16-17,19,23,31,37,39-42H,3-4,10-11,13,15,18H2,1-2H3. The number of nitrogens with zero attached hydrogens (tertiary/aromatic N) is 1. The van der Waals surface area contributed by atoms with Crippen LogP contribution in [0.25, 0.3) is 17.2 Å². The van der Waals surface area contributed by atoms with E-state index in [-0.39, 0.29) is 24.0 Å². The van der Waals surface area contributed by atoms with Gasteiger partial charge >= 0.3 is 0 Å². The Morgan fingerprint density at radius 2 is 1.78 bits per heavy atom. The van der Waals surface area contributed by atoms with E-state index in [4.69, 9.17) is 14.2 Å². The zero-order chi connectivity index (χ0) is 31.2. The number of hydrogen-bond acceptors (Lipinski definition) is 8. The second kappa shape index (κ2) is 11.8. The molecule has 2 aliphatic heterocycles. The van der Waals surface area contributed by atoms with Gasteiger partial charge in [-0.2, -0.15) is 0 Å². The van der Waals surface area contributed by atoms with Crippen molar-refractivity contribution >= 4 is 6.08 Å². The average molecular weight is 608 g/mol. The van der Waals surface area contributed by atoms with Gasteiger partial charge in [-0.3, -0.25) is 4.99 Å². The summed E-state index contributed by atoms with van der Waals surface area (Å²) in [6, 6.07) is 17.4. The summed E-state index contributed by atoms with van der Waals surface area (Å²) < 4.78 is 18.0. The van der Waals surface area contributed by atoms with Gasteiger partial charge in [0, 0.05) is 30.2 Å². The van der Waals surface area contributed by atoms with Crippen LogP contribution in [0.15, 0.2) is 59.6 Å². The molecule has 8 nitrogen and oxygen atoms in total. The number of aromatic hydroxyl groups is 2. The lowest BCUT2D eigenvalue weighted by Crippen LogP contribution is -2.32. The minimum atomic E-state index is -0.856. The zero-order valence-corrected chi connectivity index (χ0v) is 25.4. The SMILES string of the molecule is COc1cc(C2Oc3cc(OC)c4c(c3CC2O)CC(Cc2ccc3c(c2)=CCN=3)c2cc(O)ccc2-4)cc(CCCO)c1O. The molecule has 3 aliphatic rings. The van der Waals surface area contributed by atoms with E-state index in [0.717, 1.165) is 44.8 Å². The van der Waals surface area contributed by atoms with Gasteiger partial charge in [-0.15, -0.1) is 0 Å². The Hall–Kier alpha value is -4.53.